The second-order valence-corrected chi connectivity index (χ2v) is 5.75. The van der Waals surface area contributed by atoms with Crippen LogP contribution >= 0.6 is 11.6 Å². The summed E-state index contributed by atoms with van der Waals surface area (Å²) in [7, 11) is 1.55. The molecule has 4 N–H and O–H groups in total. The van der Waals surface area contributed by atoms with E-state index in [1.165, 1.54) is 6.92 Å². The van der Waals surface area contributed by atoms with E-state index in [-0.39, 0.29) is 5.91 Å². The van der Waals surface area contributed by atoms with Crippen LogP contribution in [-0.2, 0) is 4.79 Å². The molecule has 0 saturated carbocycles. The van der Waals surface area contributed by atoms with Crippen molar-refractivity contribution in [3.63, 3.8) is 0 Å². The maximum absolute atomic E-state index is 11.1. The number of hydrogen-bond acceptors (Lipinski definition) is 5. The van der Waals surface area contributed by atoms with Crippen LogP contribution in [0.2, 0.25) is 5.02 Å². The van der Waals surface area contributed by atoms with Crippen LogP contribution in [0.25, 0.3) is 22.8 Å². The summed E-state index contributed by atoms with van der Waals surface area (Å²) in [5.41, 5.74) is 8.40. The standard InChI is InChI=1S/C17H16ClN5O2/c1-9(24)20-11-5-3-10(4-6-11)16-21-17(23-22-16)12-7-13(18)14(19)8-15(12)25-2/h3-8H,19H2,1-2H3,(H,20,24)(H,21,22,23). The Labute approximate surface area is 149 Å². The first-order valence-electron chi connectivity index (χ1n) is 7.41. The number of anilines is 2. The molecule has 0 fully saturated rings. The third-order valence-corrected chi connectivity index (χ3v) is 3.85. The smallest absolute Gasteiger partial charge is 0.221 e. The summed E-state index contributed by atoms with van der Waals surface area (Å²) in [4.78, 5) is 15.6. The maximum Gasteiger partial charge on any atom is 0.221 e. The minimum absolute atomic E-state index is 0.125. The zero-order valence-electron chi connectivity index (χ0n) is 13.6. The summed E-state index contributed by atoms with van der Waals surface area (Å²) in [5, 5.41) is 10.2. The average Bonchev–Trinajstić information content (AvgIpc) is 3.07. The maximum atomic E-state index is 11.1. The lowest BCUT2D eigenvalue weighted by molar-refractivity contribution is -0.114. The lowest BCUT2D eigenvalue weighted by Crippen LogP contribution is -2.05. The highest BCUT2D eigenvalue weighted by Crippen LogP contribution is 2.35. The van der Waals surface area contributed by atoms with Crippen molar-refractivity contribution < 1.29 is 9.53 Å². The largest absolute Gasteiger partial charge is 0.496 e. The molecular weight excluding hydrogens is 342 g/mol. The number of nitrogens with two attached hydrogens (primary N) is 1. The van der Waals surface area contributed by atoms with Crippen LogP contribution in [0.5, 0.6) is 5.75 Å². The fraction of sp³-hybridized carbons (Fsp3) is 0.118. The van der Waals surface area contributed by atoms with Crippen molar-refractivity contribution in [1.29, 1.82) is 0 Å². The van der Waals surface area contributed by atoms with E-state index in [0.29, 0.717) is 39.4 Å². The van der Waals surface area contributed by atoms with E-state index in [4.69, 9.17) is 22.1 Å². The molecule has 3 rings (SSSR count). The van der Waals surface area contributed by atoms with Gasteiger partial charge < -0.3 is 15.8 Å². The van der Waals surface area contributed by atoms with Crippen LogP contribution in [0.15, 0.2) is 36.4 Å². The van der Waals surface area contributed by atoms with Gasteiger partial charge in [0.05, 0.1) is 23.4 Å². The van der Waals surface area contributed by atoms with Gasteiger partial charge in [-0.3, -0.25) is 9.89 Å². The van der Waals surface area contributed by atoms with Crippen molar-refractivity contribution in [2.75, 3.05) is 18.2 Å². The molecule has 0 aliphatic carbocycles. The van der Waals surface area contributed by atoms with Crippen LogP contribution in [0.1, 0.15) is 6.92 Å². The van der Waals surface area contributed by atoms with Crippen molar-refractivity contribution in [3.05, 3.63) is 41.4 Å². The predicted molar refractivity (Wildman–Crippen MR) is 97.5 cm³/mol. The Kier molecular flexibility index (Phi) is 4.58. The quantitative estimate of drug-likeness (QED) is 0.621. The first-order valence-corrected chi connectivity index (χ1v) is 7.79. The van der Waals surface area contributed by atoms with E-state index in [1.54, 1.807) is 31.4 Å². The van der Waals surface area contributed by atoms with Crippen LogP contribution in [-0.4, -0.2) is 28.2 Å². The molecule has 0 saturated heterocycles. The van der Waals surface area contributed by atoms with Gasteiger partial charge in [0.2, 0.25) is 5.91 Å². The number of hydrogen-bond donors (Lipinski definition) is 3. The van der Waals surface area contributed by atoms with Gasteiger partial charge in [-0.2, -0.15) is 5.10 Å². The minimum Gasteiger partial charge on any atom is -0.496 e. The topological polar surface area (TPSA) is 106 Å². The third kappa shape index (κ3) is 3.56. The number of methoxy groups -OCH3 is 1. The Morgan fingerprint density at radius 2 is 2.00 bits per heavy atom. The lowest BCUT2D eigenvalue weighted by Gasteiger charge is -2.08. The van der Waals surface area contributed by atoms with Gasteiger partial charge in [0.1, 0.15) is 5.75 Å². The molecule has 0 aliphatic heterocycles. The van der Waals surface area contributed by atoms with E-state index in [0.717, 1.165) is 5.56 Å². The highest BCUT2D eigenvalue weighted by Gasteiger charge is 2.14. The number of ether oxygens (including phenoxy) is 1. The molecule has 25 heavy (non-hydrogen) atoms. The number of rotatable bonds is 4. The fourth-order valence-electron chi connectivity index (χ4n) is 2.34. The molecule has 1 aromatic heterocycles. The molecule has 0 spiro atoms. The van der Waals surface area contributed by atoms with Crippen molar-refractivity contribution in [1.82, 2.24) is 15.2 Å². The molecule has 0 atom stereocenters. The van der Waals surface area contributed by atoms with Crippen LogP contribution < -0.4 is 15.8 Å². The zero-order chi connectivity index (χ0) is 18.0. The molecule has 0 radical (unpaired) electrons. The first kappa shape index (κ1) is 16.8. The van der Waals surface area contributed by atoms with Crippen molar-refractivity contribution in [2.45, 2.75) is 6.92 Å². The monoisotopic (exact) mass is 357 g/mol. The molecule has 1 heterocycles. The molecule has 7 nitrogen and oxygen atoms in total. The summed E-state index contributed by atoms with van der Waals surface area (Å²) in [6.07, 6.45) is 0. The Balaban J connectivity index is 1.93. The first-order chi connectivity index (χ1) is 12.0. The molecule has 128 valence electrons. The SMILES string of the molecule is COc1cc(N)c(Cl)cc1-c1nc(-c2ccc(NC(C)=O)cc2)n[nH]1. The van der Waals surface area contributed by atoms with Crippen molar-refractivity contribution >= 4 is 28.9 Å². The van der Waals surface area contributed by atoms with E-state index < -0.39 is 0 Å². The molecule has 0 unspecified atom stereocenters. The number of H-pyrrole nitrogens is 1. The molecule has 0 aliphatic rings. The summed E-state index contributed by atoms with van der Waals surface area (Å²) >= 11 is 6.10. The Bertz CT molecular complexity index is 921. The second-order valence-electron chi connectivity index (χ2n) is 5.34. The third-order valence-electron chi connectivity index (χ3n) is 3.52. The number of nitrogens with zero attached hydrogens (tertiary/aromatic N) is 2. The number of nitrogen functional groups attached to an aromatic ring is 1. The number of aromatic nitrogens is 3. The zero-order valence-corrected chi connectivity index (χ0v) is 14.4. The van der Waals surface area contributed by atoms with Gasteiger partial charge in [-0.25, -0.2) is 4.98 Å². The summed E-state index contributed by atoms with van der Waals surface area (Å²) < 4.78 is 5.34. The number of aromatic amines is 1. The van der Waals surface area contributed by atoms with Gasteiger partial charge in [-0.15, -0.1) is 0 Å². The fourth-order valence-corrected chi connectivity index (χ4v) is 2.50. The number of carbonyl (C=O) groups excluding carboxylic acids is 1. The van der Waals surface area contributed by atoms with Crippen molar-refractivity contribution in [3.8, 4) is 28.5 Å². The van der Waals surface area contributed by atoms with Gasteiger partial charge in [-0.1, -0.05) is 11.6 Å². The average molecular weight is 358 g/mol. The van der Waals surface area contributed by atoms with Gasteiger partial charge >= 0.3 is 0 Å². The van der Waals surface area contributed by atoms with E-state index in [2.05, 4.69) is 20.5 Å². The van der Waals surface area contributed by atoms with Gasteiger partial charge in [-0.05, 0) is 30.3 Å². The number of benzene rings is 2. The van der Waals surface area contributed by atoms with E-state index in [1.807, 2.05) is 12.1 Å². The predicted octanol–water partition coefficient (Wildman–Crippen LogP) is 3.34. The van der Waals surface area contributed by atoms with Gasteiger partial charge in [0.15, 0.2) is 11.6 Å². The Morgan fingerprint density at radius 1 is 1.28 bits per heavy atom. The highest BCUT2D eigenvalue weighted by atomic mass is 35.5. The second kappa shape index (κ2) is 6.82. The summed E-state index contributed by atoms with van der Waals surface area (Å²) in [6, 6.07) is 10.5. The van der Waals surface area contributed by atoms with Crippen LogP contribution in [0.3, 0.4) is 0 Å². The Morgan fingerprint density at radius 3 is 2.64 bits per heavy atom. The number of halogens is 1. The molecule has 1 amide bonds. The number of nitrogens with one attached hydrogen (secondary N) is 2. The number of amides is 1. The van der Waals surface area contributed by atoms with E-state index >= 15 is 0 Å². The molecule has 8 heteroatoms. The van der Waals surface area contributed by atoms with Crippen molar-refractivity contribution in [2.24, 2.45) is 0 Å². The van der Waals surface area contributed by atoms with Gasteiger partial charge in [0, 0.05) is 24.2 Å². The summed E-state index contributed by atoms with van der Waals surface area (Å²) in [5.74, 6) is 1.45. The van der Waals surface area contributed by atoms with E-state index in [9.17, 15) is 4.79 Å². The molecular formula is C17H16ClN5O2. The lowest BCUT2D eigenvalue weighted by atomic mass is 10.1. The van der Waals surface area contributed by atoms with Crippen LogP contribution in [0.4, 0.5) is 11.4 Å². The highest BCUT2D eigenvalue weighted by molar-refractivity contribution is 6.33. The summed E-state index contributed by atoms with van der Waals surface area (Å²) in [6.45, 7) is 1.46. The van der Waals surface area contributed by atoms with Crippen LogP contribution in [0, 0.1) is 0 Å². The molecule has 0 bridgehead atoms. The normalized spacial score (nSPS) is 10.5. The minimum atomic E-state index is -0.125. The Hall–Kier alpha value is -3.06. The van der Waals surface area contributed by atoms with Gasteiger partial charge in [0.25, 0.3) is 0 Å². The number of carbonyl (C=O) groups is 1. The molecule has 3 aromatic rings. The molecule has 2 aromatic carbocycles.